The number of aromatic nitrogens is 2. The number of hydrogen-bond acceptors (Lipinski definition) is 6. The van der Waals surface area contributed by atoms with Crippen LogP contribution in [0.1, 0.15) is 23.2 Å². The van der Waals surface area contributed by atoms with Crippen molar-refractivity contribution < 1.29 is 19.4 Å². The molecular weight excluding hydrogens is 322 g/mol. The van der Waals surface area contributed by atoms with Crippen LogP contribution in [0.3, 0.4) is 0 Å². The van der Waals surface area contributed by atoms with Gasteiger partial charge in [0, 0.05) is 37.1 Å². The second-order valence-electron chi connectivity index (χ2n) is 5.94. The molecule has 25 heavy (non-hydrogen) atoms. The van der Waals surface area contributed by atoms with Gasteiger partial charge in [0.1, 0.15) is 11.9 Å². The van der Waals surface area contributed by atoms with Gasteiger partial charge in [-0.25, -0.2) is 14.8 Å². The third-order valence-corrected chi connectivity index (χ3v) is 3.97. The molecule has 0 aliphatic carbocycles. The summed E-state index contributed by atoms with van der Waals surface area (Å²) in [5.74, 6) is 0.303. The maximum atomic E-state index is 10.7. The third-order valence-electron chi connectivity index (χ3n) is 3.97. The van der Waals surface area contributed by atoms with Gasteiger partial charge in [0.15, 0.2) is 12.4 Å². The first-order chi connectivity index (χ1) is 12.1. The Morgan fingerprint density at radius 3 is 3.04 bits per heavy atom. The van der Waals surface area contributed by atoms with Crippen LogP contribution < -0.4 is 4.74 Å². The van der Waals surface area contributed by atoms with Crippen molar-refractivity contribution in [2.24, 2.45) is 0 Å². The number of carboxylic acid groups (broad SMARTS) is 1. The molecule has 1 saturated heterocycles. The van der Waals surface area contributed by atoms with Crippen LogP contribution in [-0.4, -0.2) is 52.2 Å². The Morgan fingerprint density at radius 2 is 2.24 bits per heavy atom. The van der Waals surface area contributed by atoms with Gasteiger partial charge in [-0.3, -0.25) is 4.90 Å². The van der Waals surface area contributed by atoms with Gasteiger partial charge < -0.3 is 14.6 Å². The van der Waals surface area contributed by atoms with E-state index in [9.17, 15) is 4.79 Å². The van der Waals surface area contributed by atoms with Gasteiger partial charge in [-0.1, -0.05) is 18.2 Å². The van der Waals surface area contributed by atoms with Crippen LogP contribution in [-0.2, 0) is 16.1 Å². The summed E-state index contributed by atoms with van der Waals surface area (Å²) in [5, 5.41) is 8.80. The highest BCUT2D eigenvalue weighted by atomic mass is 16.5. The monoisotopic (exact) mass is 343 g/mol. The lowest BCUT2D eigenvalue weighted by Gasteiger charge is -2.32. The summed E-state index contributed by atoms with van der Waals surface area (Å²) in [6, 6.07) is 9.36. The first kappa shape index (κ1) is 17.3. The molecule has 2 heterocycles. The van der Waals surface area contributed by atoms with Crippen LogP contribution in [0, 0.1) is 6.92 Å². The summed E-state index contributed by atoms with van der Waals surface area (Å²) in [6.45, 7) is 4.30. The van der Waals surface area contributed by atoms with Crippen molar-refractivity contribution in [2.45, 2.75) is 19.6 Å². The number of morpholine rings is 1. The molecule has 1 aliphatic heterocycles. The van der Waals surface area contributed by atoms with Crippen LogP contribution in [0.4, 0.5) is 0 Å². The summed E-state index contributed by atoms with van der Waals surface area (Å²) in [5.41, 5.74) is 1.87. The molecule has 1 aromatic heterocycles. The largest absolute Gasteiger partial charge is 0.482 e. The van der Waals surface area contributed by atoms with Gasteiger partial charge in [0.2, 0.25) is 0 Å². The fraction of sp³-hybridized carbons (Fsp3) is 0.389. The van der Waals surface area contributed by atoms with E-state index < -0.39 is 5.97 Å². The van der Waals surface area contributed by atoms with Gasteiger partial charge in [-0.2, -0.15) is 0 Å². The van der Waals surface area contributed by atoms with E-state index in [1.54, 1.807) is 12.3 Å². The average molecular weight is 343 g/mol. The highest BCUT2D eigenvalue weighted by Crippen LogP contribution is 2.24. The number of para-hydroxylation sites is 1. The third kappa shape index (κ3) is 4.74. The maximum Gasteiger partial charge on any atom is 0.341 e. The minimum atomic E-state index is -0.988. The zero-order valence-electron chi connectivity index (χ0n) is 14.1. The lowest BCUT2D eigenvalue weighted by atomic mass is 10.1. The van der Waals surface area contributed by atoms with Crippen molar-refractivity contribution in [3.63, 3.8) is 0 Å². The molecule has 1 aromatic carbocycles. The molecule has 1 aliphatic rings. The Hall–Kier alpha value is -2.51. The highest BCUT2D eigenvalue weighted by molar-refractivity contribution is 5.68. The van der Waals surface area contributed by atoms with Crippen molar-refractivity contribution in [1.82, 2.24) is 14.9 Å². The highest BCUT2D eigenvalue weighted by Gasteiger charge is 2.24. The Kier molecular flexibility index (Phi) is 5.57. The summed E-state index contributed by atoms with van der Waals surface area (Å²) in [7, 11) is 0. The molecule has 0 radical (unpaired) electrons. The van der Waals surface area contributed by atoms with Gasteiger partial charge >= 0.3 is 5.97 Å². The van der Waals surface area contributed by atoms with Gasteiger partial charge in [0.05, 0.1) is 6.61 Å². The zero-order valence-corrected chi connectivity index (χ0v) is 14.1. The minimum Gasteiger partial charge on any atom is -0.482 e. The minimum absolute atomic E-state index is 0.166. The van der Waals surface area contributed by atoms with Crippen LogP contribution in [0.25, 0.3) is 0 Å². The molecule has 1 fully saturated rings. The van der Waals surface area contributed by atoms with E-state index in [4.69, 9.17) is 14.6 Å². The zero-order chi connectivity index (χ0) is 17.6. The fourth-order valence-corrected chi connectivity index (χ4v) is 2.78. The Bertz CT molecular complexity index is 738. The second-order valence-corrected chi connectivity index (χ2v) is 5.94. The molecule has 7 heteroatoms. The number of rotatable bonds is 6. The predicted molar refractivity (Wildman–Crippen MR) is 90.3 cm³/mol. The van der Waals surface area contributed by atoms with E-state index in [0.717, 1.165) is 17.8 Å². The number of ether oxygens (including phenoxy) is 2. The maximum absolute atomic E-state index is 10.7. The molecule has 0 bridgehead atoms. The quantitative estimate of drug-likeness (QED) is 0.856. The van der Waals surface area contributed by atoms with Crippen molar-refractivity contribution in [3.05, 3.63) is 53.6 Å². The Labute approximate surface area is 146 Å². The molecule has 0 amide bonds. The Balaban J connectivity index is 1.68. The SMILES string of the molecule is Cc1ccnc([C@@H]2CN(Cc3ccccc3OCC(=O)O)CCO2)n1. The first-order valence-electron chi connectivity index (χ1n) is 8.18. The van der Waals surface area contributed by atoms with Gasteiger partial charge in [-0.05, 0) is 19.1 Å². The molecule has 132 valence electrons. The number of carbonyl (C=O) groups is 1. The van der Waals surface area contributed by atoms with Crippen LogP contribution in [0.15, 0.2) is 36.5 Å². The number of hydrogen-bond donors (Lipinski definition) is 1. The fourth-order valence-electron chi connectivity index (χ4n) is 2.78. The number of aliphatic carboxylic acids is 1. The van der Waals surface area contributed by atoms with Crippen molar-refractivity contribution in [2.75, 3.05) is 26.3 Å². The molecule has 0 spiro atoms. The second kappa shape index (κ2) is 8.04. The van der Waals surface area contributed by atoms with Crippen LogP contribution in [0.2, 0.25) is 0 Å². The first-order valence-corrected chi connectivity index (χ1v) is 8.18. The van der Waals surface area contributed by atoms with E-state index in [1.165, 1.54) is 0 Å². The molecule has 0 unspecified atom stereocenters. The van der Waals surface area contributed by atoms with E-state index in [2.05, 4.69) is 14.9 Å². The average Bonchev–Trinajstić information content (AvgIpc) is 2.61. The summed E-state index contributed by atoms with van der Waals surface area (Å²) in [6.07, 6.45) is 1.58. The van der Waals surface area contributed by atoms with Gasteiger partial charge in [0.25, 0.3) is 0 Å². The summed E-state index contributed by atoms with van der Waals surface area (Å²) >= 11 is 0. The molecular formula is C18H21N3O4. The van der Waals surface area contributed by atoms with E-state index >= 15 is 0 Å². The van der Waals surface area contributed by atoms with Gasteiger partial charge in [-0.15, -0.1) is 0 Å². The summed E-state index contributed by atoms with van der Waals surface area (Å²) in [4.78, 5) is 21.7. The van der Waals surface area contributed by atoms with Crippen molar-refractivity contribution >= 4 is 5.97 Å². The molecule has 0 saturated carbocycles. The van der Waals surface area contributed by atoms with E-state index in [0.29, 0.717) is 31.3 Å². The molecule has 1 atom stereocenters. The molecule has 3 rings (SSSR count). The topological polar surface area (TPSA) is 84.8 Å². The van der Waals surface area contributed by atoms with E-state index in [1.807, 2.05) is 31.2 Å². The van der Waals surface area contributed by atoms with Crippen molar-refractivity contribution in [1.29, 1.82) is 0 Å². The van der Waals surface area contributed by atoms with Crippen molar-refractivity contribution in [3.8, 4) is 5.75 Å². The summed E-state index contributed by atoms with van der Waals surface area (Å²) < 4.78 is 11.2. The van der Waals surface area contributed by atoms with Crippen LogP contribution >= 0.6 is 0 Å². The molecule has 1 N–H and O–H groups in total. The number of carboxylic acids is 1. The standard InChI is InChI=1S/C18H21N3O4/c1-13-6-7-19-18(20-13)16-11-21(8-9-24-16)10-14-4-2-3-5-15(14)25-12-17(22)23/h2-7,16H,8-12H2,1H3,(H,22,23)/t16-/m0/s1. The number of aryl methyl sites for hydroxylation is 1. The normalized spacial score (nSPS) is 18.0. The smallest absolute Gasteiger partial charge is 0.341 e. The lowest BCUT2D eigenvalue weighted by Crippen LogP contribution is -2.38. The number of benzene rings is 1. The Morgan fingerprint density at radius 1 is 1.40 bits per heavy atom. The molecule has 2 aromatic rings. The predicted octanol–water partition coefficient (Wildman–Crippen LogP) is 1.82. The molecule has 7 nitrogen and oxygen atoms in total. The van der Waals surface area contributed by atoms with Crippen LogP contribution in [0.5, 0.6) is 5.75 Å². The lowest BCUT2D eigenvalue weighted by molar-refractivity contribution is -0.139. The van der Waals surface area contributed by atoms with E-state index in [-0.39, 0.29) is 12.7 Å². The number of nitrogens with zero attached hydrogens (tertiary/aromatic N) is 3.